The number of hydrogen-bond acceptors (Lipinski definition) is 12. The highest BCUT2D eigenvalue weighted by Crippen LogP contribution is 2.69. The molecular formula is C23H20N8O8. The number of non-ortho nitro benzene ring substituents is 2. The number of nitro benzene ring substituents is 4. The molecule has 0 aromatic heterocycles. The molecule has 0 heterocycles. The van der Waals surface area contributed by atoms with Gasteiger partial charge in [0, 0.05) is 35.4 Å². The summed E-state index contributed by atoms with van der Waals surface area (Å²) in [6.45, 7) is 0. The third-order valence-electron chi connectivity index (χ3n) is 8.58. The number of nitrogens with zero attached hydrogens (tertiary/aromatic N) is 6. The summed E-state index contributed by atoms with van der Waals surface area (Å²) >= 11 is 0. The molecule has 6 rings (SSSR count). The molecule has 0 saturated heterocycles. The molecule has 2 aromatic carbocycles. The van der Waals surface area contributed by atoms with Crippen molar-refractivity contribution in [3.8, 4) is 0 Å². The Morgan fingerprint density at radius 2 is 1.03 bits per heavy atom. The zero-order valence-corrected chi connectivity index (χ0v) is 20.0. The van der Waals surface area contributed by atoms with Gasteiger partial charge in [0.2, 0.25) is 0 Å². The molecule has 2 aromatic rings. The number of hydrogen-bond donors (Lipinski definition) is 2. The van der Waals surface area contributed by atoms with Crippen molar-refractivity contribution >= 4 is 45.5 Å². The van der Waals surface area contributed by atoms with Crippen LogP contribution in [0.4, 0.5) is 34.1 Å². The van der Waals surface area contributed by atoms with Gasteiger partial charge in [-0.1, -0.05) is 0 Å². The molecule has 2 N–H and O–H groups in total. The molecule has 0 spiro atoms. The predicted molar refractivity (Wildman–Crippen MR) is 136 cm³/mol. The number of nitro groups is 4. The third-order valence-corrected chi connectivity index (χ3v) is 8.58. The van der Waals surface area contributed by atoms with Gasteiger partial charge in [0.15, 0.2) is 0 Å². The van der Waals surface area contributed by atoms with Crippen LogP contribution in [0.2, 0.25) is 0 Å². The van der Waals surface area contributed by atoms with Crippen molar-refractivity contribution in [1.82, 2.24) is 0 Å². The molecule has 4 saturated carbocycles. The van der Waals surface area contributed by atoms with Crippen LogP contribution in [-0.4, -0.2) is 31.1 Å². The second kappa shape index (κ2) is 8.78. The second-order valence-electron chi connectivity index (χ2n) is 10.2. The average Bonchev–Trinajstić information content (AvgIpc) is 3.57. The van der Waals surface area contributed by atoms with Gasteiger partial charge in [-0.25, -0.2) is 0 Å². The molecule has 4 aliphatic carbocycles. The standard InChI is InChI=1S/C23H20N8O8/c32-28(33)10-1-3-16(20(5-10)30(36)37)24-26-18-8-12-13-9-19(23-15(13)7-14(12)22(18)23)27-25-17-4-2-11(29(34)35)6-21(17)31(38)39/h1-6,12-15,22-25H,7-9H2/b26-18+,27-19+/t12-,13+,14-,15+,22-,23+. The highest BCUT2D eigenvalue weighted by molar-refractivity contribution is 6.01. The zero-order chi connectivity index (χ0) is 27.6. The first-order valence-corrected chi connectivity index (χ1v) is 12.1. The second-order valence-corrected chi connectivity index (χ2v) is 10.2. The SMILES string of the molecule is O=[N+]([O-])c1ccc(N/N=C2\C[C@H]3[C@H]4C/C(=N\Nc5ccc([N+](=O)[O-])cc5[N+](=O)[O-])[C@H]5[C@@H]4C[C@@H]3[C@@H]25)c([N+](=O)[O-])c1. The Hall–Kier alpha value is -5.02. The Kier molecular flexibility index (Phi) is 5.48. The summed E-state index contributed by atoms with van der Waals surface area (Å²) in [7, 11) is 0. The zero-order valence-electron chi connectivity index (χ0n) is 20.0. The van der Waals surface area contributed by atoms with Gasteiger partial charge in [-0.3, -0.25) is 51.3 Å². The molecule has 0 aliphatic heterocycles. The Labute approximate surface area is 218 Å². The first-order chi connectivity index (χ1) is 18.6. The van der Waals surface area contributed by atoms with Gasteiger partial charge in [0.1, 0.15) is 11.4 Å². The molecule has 2 bridgehead atoms. The van der Waals surface area contributed by atoms with Crippen molar-refractivity contribution in [2.24, 2.45) is 45.7 Å². The summed E-state index contributed by atoms with van der Waals surface area (Å²) in [5, 5.41) is 54.1. The lowest BCUT2D eigenvalue weighted by Gasteiger charge is -2.24. The highest BCUT2D eigenvalue weighted by atomic mass is 16.6. The van der Waals surface area contributed by atoms with Gasteiger partial charge >= 0.3 is 11.4 Å². The first-order valence-electron chi connectivity index (χ1n) is 12.1. The van der Waals surface area contributed by atoms with Crippen molar-refractivity contribution in [3.05, 3.63) is 76.9 Å². The molecule has 200 valence electrons. The molecule has 4 fully saturated rings. The molecule has 0 unspecified atom stereocenters. The minimum absolute atomic E-state index is 0.0538. The molecule has 0 radical (unpaired) electrons. The normalized spacial score (nSPS) is 29.6. The fourth-order valence-electron chi connectivity index (χ4n) is 7.19. The molecule has 0 amide bonds. The average molecular weight is 536 g/mol. The van der Waals surface area contributed by atoms with Gasteiger partial charge in [-0.2, -0.15) is 10.2 Å². The van der Waals surface area contributed by atoms with Crippen LogP contribution >= 0.6 is 0 Å². The van der Waals surface area contributed by atoms with E-state index in [1.165, 1.54) is 24.3 Å². The minimum Gasteiger partial charge on any atom is -0.272 e. The maximum absolute atomic E-state index is 11.5. The van der Waals surface area contributed by atoms with Crippen LogP contribution in [0.25, 0.3) is 0 Å². The summed E-state index contributed by atoms with van der Waals surface area (Å²) in [6, 6.07) is 6.66. The first kappa shape index (κ1) is 24.3. The number of rotatable bonds is 8. The van der Waals surface area contributed by atoms with Crippen molar-refractivity contribution in [3.63, 3.8) is 0 Å². The van der Waals surface area contributed by atoms with Crippen molar-refractivity contribution in [1.29, 1.82) is 0 Å². The Balaban J connectivity index is 1.26. The van der Waals surface area contributed by atoms with Crippen LogP contribution in [-0.2, 0) is 0 Å². The number of nitrogens with one attached hydrogen (secondary N) is 2. The van der Waals surface area contributed by atoms with Gasteiger partial charge in [-0.05, 0) is 55.1 Å². The topological polar surface area (TPSA) is 221 Å². The fraction of sp³-hybridized carbons (Fsp3) is 0.391. The van der Waals surface area contributed by atoms with E-state index in [-0.39, 0.29) is 23.2 Å². The Morgan fingerprint density at radius 1 is 0.615 bits per heavy atom. The molecule has 4 aliphatic rings. The van der Waals surface area contributed by atoms with E-state index < -0.39 is 42.4 Å². The summed E-state index contributed by atoms with van der Waals surface area (Å²) in [5.74, 6) is 1.72. The number of anilines is 2. The van der Waals surface area contributed by atoms with Gasteiger partial charge < -0.3 is 0 Å². The van der Waals surface area contributed by atoms with Crippen LogP contribution in [0.15, 0.2) is 46.6 Å². The molecular weight excluding hydrogens is 516 g/mol. The lowest BCUT2D eigenvalue weighted by atomic mass is 9.79. The predicted octanol–water partition coefficient (Wildman–Crippen LogP) is 4.48. The maximum Gasteiger partial charge on any atom is 0.301 e. The fourth-order valence-corrected chi connectivity index (χ4v) is 7.19. The van der Waals surface area contributed by atoms with E-state index in [0.29, 0.717) is 23.7 Å². The summed E-state index contributed by atoms with van der Waals surface area (Å²) in [6.07, 6.45) is 2.50. The highest BCUT2D eigenvalue weighted by Gasteiger charge is 2.67. The number of fused-ring (bicyclic) bond motifs is 2. The van der Waals surface area contributed by atoms with Gasteiger partial charge in [0.05, 0.1) is 31.8 Å². The number of benzene rings is 2. The minimum atomic E-state index is -0.701. The molecule has 16 heteroatoms. The van der Waals surface area contributed by atoms with Crippen LogP contribution in [0.5, 0.6) is 0 Å². The smallest absolute Gasteiger partial charge is 0.272 e. The van der Waals surface area contributed by atoms with E-state index >= 15 is 0 Å². The van der Waals surface area contributed by atoms with Gasteiger partial charge in [0.25, 0.3) is 11.4 Å². The Bertz CT molecular complexity index is 1410. The van der Waals surface area contributed by atoms with E-state index in [1.807, 2.05) is 0 Å². The van der Waals surface area contributed by atoms with Crippen LogP contribution in [0.3, 0.4) is 0 Å². The van der Waals surface area contributed by atoms with Crippen LogP contribution < -0.4 is 10.9 Å². The summed E-state index contributed by atoms with van der Waals surface area (Å²) in [4.78, 5) is 42.2. The summed E-state index contributed by atoms with van der Waals surface area (Å²) < 4.78 is 0. The lowest BCUT2D eigenvalue weighted by molar-refractivity contribution is -0.393. The van der Waals surface area contributed by atoms with E-state index in [1.54, 1.807) is 0 Å². The van der Waals surface area contributed by atoms with Crippen molar-refractivity contribution in [2.75, 3.05) is 10.9 Å². The maximum atomic E-state index is 11.5. The summed E-state index contributed by atoms with van der Waals surface area (Å²) in [5.41, 5.74) is 5.67. The quantitative estimate of drug-likeness (QED) is 0.355. The Morgan fingerprint density at radius 3 is 1.38 bits per heavy atom. The molecule has 16 nitrogen and oxygen atoms in total. The monoisotopic (exact) mass is 536 g/mol. The van der Waals surface area contributed by atoms with E-state index in [0.717, 1.165) is 42.8 Å². The largest absolute Gasteiger partial charge is 0.301 e. The van der Waals surface area contributed by atoms with E-state index in [2.05, 4.69) is 21.1 Å². The molecule has 39 heavy (non-hydrogen) atoms. The van der Waals surface area contributed by atoms with E-state index in [4.69, 9.17) is 0 Å². The van der Waals surface area contributed by atoms with Crippen molar-refractivity contribution in [2.45, 2.75) is 19.3 Å². The lowest BCUT2D eigenvalue weighted by Crippen LogP contribution is -2.27. The molecule has 6 atom stereocenters. The van der Waals surface area contributed by atoms with E-state index in [9.17, 15) is 40.5 Å². The van der Waals surface area contributed by atoms with Gasteiger partial charge in [-0.15, -0.1) is 0 Å². The third kappa shape index (κ3) is 3.82. The van der Waals surface area contributed by atoms with Crippen molar-refractivity contribution < 1.29 is 19.7 Å². The number of hydrazone groups is 2. The van der Waals surface area contributed by atoms with Crippen LogP contribution in [0.1, 0.15) is 19.3 Å². The van der Waals surface area contributed by atoms with Crippen LogP contribution in [0, 0.1) is 76.0 Å².